The first-order valence-corrected chi connectivity index (χ1v) is 4.12. The van der Waals surface area contributed by atoms with Gasteiger partial charge in [0, 0.05) is 6.61 Å². The summed E-state index contributed by atoms with van der Waals surface area (Å²) >= 11 is 0. The Bertz CT molecular complexity index is 162. The molecule has 0 heterocycles. The quantitative estimate of drug-likeness (QED) is 0.543. The molecule has 0 aromatic carbocycles. The van der Waals surface area contributed by atoms with Gasteiger partial charge in [-0.05, 0) is 30.1 Å². The van der Waals surface area contributed by atoms with E-state index in [1.54, 1.807) is 0 Å². The number of hydrogen-bond acceptors (Lipinski definition) is 1. The van der Waals surface area contributed by atoms with E-state index in [1.807, 2.05) is 0 Å². The van der Waals surface area contributed by atoms with Gasteiger partial charge in [0.05, 0.1) is 0 Å². The van der Waals surface area contributed by atoms with Crippen LogP contribution in [0.5, 0.6) is 0 Å². The van der Waals surface area contributed by atoms with E-state index in [4.69, 9.17) is 5.11 Å². The van der Waals surface area contributed by atoms with Crippen molar-refractivity contribution in [3.05, 3.63) is 12.2 Å². The van der Waals surface area contributed by atoms with Crippen LogP contribution in [0.2, 0.25) is 0 Å². The first kappa shape index (κ1) is 6.41. The molecule has 0 radical (unpaired) electrons. The van der Waals surface area contributed by atoms with E-state index in [0.29, 0.717) is 18.4 Å². The Morgan fingerprint density at radius 1 is 1.40 bits per heavy atom. The normalized spacial score (nSPS) is 50.6. The number of allylic oxidation sites excluding steroid dienone is 2. The summed E-state index contributed by atoms with van der Waals surface area (Å²) in [5.41, 5.74) is 0. The summed E-state index contributed by atoms with van der Waals surface area (Å²) in [6, 6.07) is 0. The van der Waals surface area contributed by atoms with Crippen molar-refractivity contribution in [3.63, 3.8) is 0 Å². The average molecular weight is 138 g/mol. The van der Waals surface area contributed by atoms with Gasteiger partial charge in [-0.3, -0.25) is 0 Å². The first-order valence-electron chi connectivity index (χ1n) is 4.12. The Hall–Kier alpha value is -0.300. The Kier molecular flexibility index (Phi) is 1.34. The van der Waals surface area contributed by atoms with Gasteiger partial charge in [-0.1, -0.05) is 19.1 Å². The molecular formula is C9H14O. The zero-order chi connectivity index (χ0) is 7.14. The Balaban J connectivity index is 2.18. The van der Waals surface area contributed by atoms with E-state index in [9.17, 15) is 0 Å². The SMILES string of the molecule is C[C@H]1[C@H](CO)[C@H]2C=C[C@H]1C2. The van der Waals surface area contributed by atoms with E-state index in [-0.39, 0.29) is 0 Å². The standard InChI is InChI=1S/C9H14O/c1-6-7-2-3-8(4-7)9(6)5-10/h2-3,6-10H,4-5H2,1H3/t6-,7+,8+,9+/m1/s1. The minimum atomic E-state index is 0.382. The third-order valence-corrected chi connectivity index (χ3v) is 3.26. The summed E-state index contributed by atoms with van der Waals surface area (Å²) < 4.78 is 0. The van der Waals surface area contributed by atoms with Crippen molar-refractivity contribution >= 4 is 0 Å². The smallest absolute Gasteiger partial charge is 0.0467 e. The fourth-order valence-corrected chi connectivity index (χ4v) is 2.47. The second kappa shape index (κ2) is 2.09. The molecule has 4 atom stereocenters. The molecule has 2 rings (SSSR count). The van der Waals surface area contributed by atoms with Crippen molar-refractivity contribution in [2.75, 3.05) is 6.61 Å². The fraction of sp³-hybridized carbons (Fsp3) is 0.778. The average Bonchev–Trinajstić information content (AvgIpc) is 2.46. The van der Waals surface area contributed by atoms with Gasteiger partial charge >= 0.3 is 0 Å². The van der Waals surface area contributed by atoms with Crippen LogP contribution in [0.1, 0.15) is 13.3 Å². The molecule has 0 aromatic rings. The highest BCUT2D eigenvalue weighted by Crippen LogP contribution is 2.47. The predicted octanol–water partition coefficient (Wildman–Crippen LogP) is 1.44. The lowest BCUT2D eigenvalue weighted by Crippen LogP contribution is -2.19. The third-order valence-electron chi connectivity index (χ3n) is 3.26. The molecule has 0 unspecified atom stereocenters. The maximum Gasteiger partial charge on any atom is 0.0467 e. The van der Waals surface area contributed by atoms with Gasteiger partial charge in [0.2, 0.25) is 0 Å². The summed E-state index contributed by atoms with van der Waals surface area (Å²) in [7, 11) is 0. The lowest BCUT2D eigenvalue weighted by Gasteiger charge is -2.21. The second-order valence-corrected chi connectivity index (χ2v) is 3.65. The molecule has 0 saturated heterocycles. The van der Waals surface area contributed by atoms with Gasteiger partial charge in [-0.2, -0.15) is 0 Å². The van der Waals surface area contributed by atoms with E-state index in [0.717, 1.165) is 11.8 Å². The molecule has 1 fully saturated rings. The van der Waals surface area contributed by atoms with Gasteiger partial charge in [0.1, 0.15) is 0 Å². The first-order chi connectivity index (χ1) is 4.83. The van der Waals surface area contributed by atoms with Crippen LogP contribution in [0.3, 0.4) is 0 Å². The van der Waals surface area contributed by atoms with Crippen LogP contribution in [0.15, 0.2) is 12.2 Å². The van der Waals surface area contributed by atoms with Crippen LogP contribution in [0.25, 0.3) is 0 Å². The highest BCUT2D eigenvalue weighted by Gasteiger charge is 2.40. The number of aliphatic hydroxyl groups excluding tert-OH is 1. The van der Waals surface area contributed by atoms with Gasteiger partial charge in [-0.15, -0.1) is 0 Å². The zero-order valence-corrected chi connectivity index (χ0v) is 6.33. The Morgan fingerprint density at radius 3 is 2.50 bits per heavy atom. The summed E-state index contributed by atoms with van der Waals surface area (Å²) in [6.07, 6.45) is 5.90. The number of hydrogen-bond donors (Lipinski definition) is 1. The van der Waals surface area contributed by atoms with Crippen molar-refractivity contribution in [2.24, 2.45) is 23.7 Å². The molecule has 0 aliphatic heterocycles. The summed E-state index contributed by atoms with van der Waals surface area (Å²) in [5.74, 6) is 2.77. The van der Waals surface area contributed by atoms with Gasteiger partial charge in [-0.25, -0.2) is 0 Å². The van der Waals surface area contributed by atoms with Crippen LogP contribution < -0.4 is 0 Å². The zero-order valence-electron chi connectivity index (χ0n) is 6.33. The van der Waals surface area contributed by atoms with E-state index in [2.05, 4.69) is 19.1 Å². The van der Waals surface area contributed by atoms with Gasteiger partial charge in [0.25, 0.3) is 0 Å². The summed E-state index contributed by atoms with van der Waals surface area (Å²) in [4.78, 5) is 0. The maximum absolute atomic E-state index is 9.02. The van der Waals surface area contributed by atoms with Gasteiger partial charge < -0.3 is 5.11 Å². The molecule has 0 spiro atoms. The molecule has 0 aromatic heterocycles. The van der Waals surface area contributed by atoms with Crippen molar-refractivity contribution in [1.82, 2.24) is 0 Å². The highest BCUT2D eigenvalue weighted by molar-refractivity contribution is 5.12. The molecule has 1 saturated carbocycles. The minimum absolute atomic E-state index is 0.382. The van der Waals surface area contributed by atoms with Crippen molar-refractivity contribution in [1.29, 1.82) is 0 Å². The van der Waals surface area contributed by atoms with Crippen molar-refractivity contribution in [2.45, 2.75) is 13.3 Å². The van der Waals surface area contributed by atoms with Crippen LogP contribution in [-0.2, 0) is 0 Å². The fourth-order valence-electron chi connectivity index (χ4n) is 2.47. The maximum atomic E-state index is 9.02. The number of aliphatic hydroxyl groups is 1. The van der Waals surface area contributed by atoms with Crippen molar-refractivity contribution in [3.8, 4) is 0 Å². The minimum Gasteiger partial charge on any atom is -0.396 e. The molecule has 56 valence electrons. The largest absolute Gasteiger partial charge is 0.396 e. The van der Waals surface area contributed by atoms with Crippen LogP contribution in [-0.4, -0.2) is 11.7 Å². The van der Waals surface area contributed by atoms with E-state index >= 15 is 0 Å². The predicted molar refractivity (Wildman–Crippen MR) is 40.5 cm³/mol. The number of rotatable bonds is 1. The number of fused-ring (bicyclic) bond motifs is 2. The van der Waals surface area contributed by atoms with Crippen LogP contribution in [0, 0.1) is 23.7 Å². The third kappa shape index (κ3) is 0.671. The van der Waals surface area contributed by atoms with E-state index in [1.165, 1.54) is 6.42 Å². The Morgan fingerprint density at radius 2 is 2.10 bits per heavy atom. The van der Waals surface area contributed by atoms with Gasteiger partial charge in [0.15, 0.2) is 0 Å². The molecule has 2 aliphatic carbocycles. The lowest BCUT2D eigenvalue weighted by molar-refractivity contribution is 0.172. The lowest BCUT2D eigenvalue weighted by atomic mass is 9.85. The van der Waals surface area contributed by atoms with Crippen molar-refractivity contribution < 1.29 is 5.11 Å². The molecule has 10 heavy (non-hydrogen) atoms. The molecule has 1 heteroatoms. The second-order valence-electron chi connectivity index (χ2n) is 3.65. The molecule has 2 bridgehead atoms. The Labute approximate surface area is 61.8 Å². The molecular weight excluding hydrogens is 124 g/mol. The molecule has 1 nitrogen and oxygen atoms in total. The molecule has 0 amide bonds. The van der Waals surface area contributed by atoms with Crippen LogP contribution >= 0.6 is 0 Å². The van der Waals surface area contributed by atoms with E-state index < -0.39 is 0 Å². The molecule has 1 N–H and O–H groups in total. The highest BCUT2D eigenvalue weighted by atomic mass is 16.3. The summed E-state index contributed by atoms with van der Waals surface area (Å²) in [6.45, 7) is 2.64. The topological polar surface area (TPSA) is 20.2 Å². The molecule has 2 aliphatic rings. The monoisotopic (exact) mass is 138 g/mol. The summed E-state index contributed by atoms with van der Waals surface area (Å²) in [5, 5.41) is 9.02. The van der Waals surface area contributed by atoms with Crippen LogP contribution in [0.4, 0.5) is 0 Å².